The molecule has 1 rings (SSSR count). The van der Waals surface area contributed by atoms with Gasteiger partial charge in [0.25, 0.3) is 11.6 Å². The highest BCUT2D eigenvalue weighted by Crippen LogP contribution is 2.18. The summed E-state index contributed by atoms with van der Waals surface area (Å²) in [7, 11) is 1.60. The molecule has 0 saturated heterocycles. The van der Waals surface area contributed by atoms with Gasteiger partial charge in [-0.2, -0.15) is 0 Å². The van der Waals surface area contributed by atoms with Crippen molar-refractivity contribution in [3.05, 3.63) is 27.9 Å². The minimum absolute atomic E-state index is 0.154. The summed E-state index contributed by atoms with van der Waals surface area (Å²) in [5.74, 6) is -0.0913. The van der Waals surface area contributed by atoms with Crippen molar-refractivity contribution >= 4 is 17.4 Å². The van der Waals surface area contributed by atoms with Crippen LogP contribution in [0.3, 0.4) is 0 Å². The Morgan fingerprint density at radius 1 is 1.48 bits per heavy atom. The zero-order chi connectivity index (χ0) is 15.7. The molecular formula is C13H20N4O4. The van der Waals surface area contributed by atoms with Crippen molar-refractivity contribution in [1.82, 2.24) is 10.3 Å². The Kier molecular flexibility index (Phi) is 7.10. The maximum Gasteiger partial charge on any atom is 0.288 e. The molecule has 1 amide bonds. The lowest BCUT2D eigenvalue weighted by Gasteiger charge is -2.09. The molecule has 0 saturated carbocycles. The third-order valence-corrected chi connectivity index (χ3v) is 2.66. The Morgan fingerprint density at radius 3 is 2.86 bits per heavy atom. The van der Waals surface area contributed by atoms with Gasteiger partial charge in [-0.3, -0.25) is 14.9 Å². The van der Waals surface area contributed by atoms with E-state index in [-0.39, 0.29) is 11.3 Å². The first-order chi connectivity index (χ1) is 10.1. The van der Waals surface area contributed by atoms with E-state index in [9.17, 15) is 14.9 Å². The van der Waals surface area contributed by atoms with Gasteiger partial charge in [-0.15, -0.1) is 0 Å². The molecule has 0 spiro atoms. The van der Waals surface area contributed by atoms with Crippen LogP contribution < -0.4 is 10.6 Å². The summed E-state index contributed by atoms with van der Waals surface area (Å²) in [6, 6.07) is 1.21. The van der Waals surface area contributed by atoms with Crippen molar-refractivity contribution < 1.29 is 14.5 Å². The van der Waals surface area contributed by atoms with Crippen LogP contribution in [0.15, 0.2) is 12.3 Å². The van der Waals surface area contributed by atoms with Gasteiger partial charge >= 0.3 is 0 Å². The molecule has 0 aromatic carbocycles. The van der Waals surface area contributed by atoms with Crippen LogP contribution in [0.25, 0.3) is 0 Å². The lowest BCUT2D eigenvalue weighted by molar-refractivity contribution is -0.385. The van der Waals surface area contributed by atoms with Crippen LogP contribution in [0.4, 0.5) is 11.5 Å². The van der Waals surface area contributed by atoms with Gasteiger partial charge in [-0.05, 0) is 12.8 Å². The molecule has 1 aromatic rings. The number of anilines is 1. The molecule has 21 heavy (non-hydrogen) atoms. The Hall–Kier alpha value is -2.22. The van der Waals surface area contributed by atoms with Gasteiger partial charge in [0.1, 0.15) is 12.0 Å². The highest BCUT2D eigenvalue weighted by atomic mass is 16.6. The van der Waals surface area contributed by atoms with Crippen LogP contribution in [0.5, 0.6) is 0 Å². The SMILES string of the molecule is CCCOCCCNC(=O)c1cc([N+](=O)[O-])cnc1NC. The van der Waals surface area contributed by atoms with Crippen LogP contribution in [0.2, 0.25) is 0 Å². The standard InChI is InChI=1S/C13H20N4O4/c1-3-6-21-7-4-5-15-13(18)11-8-10(17(19)20)9-16-12(11)14-2/h8-9H,3-7H2,1-2H3,(H,14,16)(H,15,18). The van der Waals surface area contributed by atoms with Gasteiger partial charge in [-0.1, -0.05) is 6.92 Å². The van der Waals surface area contributed by atoms with Crippen LogP contribution >= 0.6 is 0 Å². The van der Waals surface area contributed by atoms with E-state index in [0.29, 0.717) is 32.0 Å². The number of ether oxygens (including phenoxy) is 1. The summed E-state index contributed by atoms with van der Waals surface area (Å²) in [5, 5.41) is 16.2. The van der Waals surface area contributed by atoms with Gasteiger partial charge in [0, 0.05) is 32.9 Å². The van der Waals surface area contributed by atoms with Crippen molar-refractivity contribution in [3.63, 3.8) is 0 Å². The summed E-state index contributed by atoms with van der Waals surface area (Å²) in [5.41, 5.74) is -0.0633. The van der Waals surface area contributed by atoms with Crippen LogP contribution in [0.1, 0.15) is 30.1 Å². The van der Waals surface area contributed by atoms with Crippen LogP contribution in [0, 0.1) is 10.1 Å². The van der Waals surface area contributed by atoms with E-state index in [0.717, 1.165) is 12.6 Å². The summed E-state index contributed by atoms with van der Waals surface area (Å²) in [6.07, 6.45) is 2.75. The van der Waals surface area contributed by atoms with Gasteiger partial charge in [0.15, 0.2) is 0 Å². The minimum Gasteiger partial charge on any atom is -0.381 e. The smallest absolute Gasteiger partial charge is 0.288 e. The van der Waals surface area contributed by atoms with E-state index in [1.807, 2.05) is 6.92 Å². The number of nitrogens with zero attached hydrogens (tertiary/aromatic N) is 2. The maximum absolute atomic E-state index is 12.0. The fraction of sp³-hybridized carbons (Fsp3) is 0.538. The topological polar surface area (TPSA) is 106 Å². The number of pyridine rings is 1. The number of hydrogen-bond acceptors (Lipinski definition) is 6. The third kappa shape index (κ3) is 5.35. The largest absolute Gasteiger partial charge is 0.381 e. The monoisotopic (exact) mass is 296 g/mol. The normalized spacial score (nSPS) is 10.2. The molecule has 0 aliphatic heterocycles. The van der Waals surface area contributed by atoms with E-state index in [1.54, 1.807) is 7.05 Å². The van der Waals surface area contributed by atoms with Crippen molar-refractivity contribution in [2.45, 2.75) is 19.8 Å². The summed E-state index contributed by atoms with van der Waals surface area (Å²) >= 11 is 0. The van der Waals surface area contributed by atoms with E-state index in [2.05, 4.69) is 15.6 Å². The second-order valence-electron chi connectivity index (χ2n) is 4.32. The predicted molar refractivity (Wildman–Crippen MR) is 78.5 cm³/mol. The van der Waals surface area contributed by atoms with Gasteiger partial charge in [0.2, 0.25) is 0 Å². The molecule has 116 valence electrons. The van der Waals surface area contributed by atoms with Crippen molar-refractivity contribution in [1.29, 1.82) is 0 Å². The molecule has 0 atom stereocenters. The lowest BCUT2D eigenvalue weighted by atomic mass is 10.2. The second-order valence-corrected chi connectivity index (χ2v) is 4.32. The molecule has 8 heteroatoms. The van der Waals surface area contributed by atoms with Crippen molar-refractivity contribution in [2.24, 2.45) is 0 Å². The third-order valence-electron chi connectivity index (χ3n) is 2.66. The summed E-state index contributed by atoms with van der Waals surface area (Å²) in [4.78, 5) is 26.1. The quantitative estimate of drug-likeness (QED) is 0.407. The molecule has 0 fully saturated rings. The Labute approximate surface area is 123 Å². The van der Waals surface area contributed by atoms with Crippen LogP contribution in [-0.2, 0) is 4.74 Å². The molecule has 0 radical (unpaired) electrons. The van der Waals surface area contributed by atoms with Gasteiger partial charge in [0.05, 0.1) is 10.5 Å². The van der Waals surface area contributed by atoms with Crippen LogP contribution in [-0.4, -0.2) is 42.6 Å². The Bertz CT molecular complexity index is 493. The molecule has 2 N–H and O–H groups in total. The van der Waals surface area contributed by atoms with E-state index >= 15 is 0 Å². The van der Waals surface area contributed by atoms with E-state index in [1.165, 1.54) is 6.07 Å². The zero-order valence-corrected chi connectivity index (χ0v) is 12.2. The number of nitrogens with one attached hydrogen (secondary N) is 2. The molecule has 0 bridgehead atoms. The first kappa shape index (κ1) is 16.8. The summed E-state index contributed by atoms with van der Waals surface area (Å²) < 4.78 is 5.30. The Morgan fingerprint density at radius 2 is 2.24 bits per heavy atom. The number of nitro groups is 1. The highest BCUT2D eigenvalue weighted by Gasteiger charge is 2.17. The van der Waals surface area contributed by atoms with Crippen molar-refractivity contribution in [3.8, 4) is 0 Å². The molecular weight excluding hydrogens is 276 g/mol. The number of amides is 1. The average Bonchev–Trinajstić information content (AvgIpc) is 2.49. The Balaban J connectivity index is 2.59. The van der Waals surface area contributed by atoms with E-state index < -0.39 is 10.8 Å². The number of rotatable bonds is 9. The fourth-order valence-corrected chi connectivity index (χ4v) is 1.64. The average molecular weight is 296 g/mol. The molecule has 0 unspecified atom stereocenters. The maximum atomic E-state index is 12.0. The number of carbonyl (C=O) groups excluding carboxylic acids is 1. The second kappa shape index (κ2) is 8.85. The number of aromatic nitrogens is 1. The van der Waals surface area contributed by atoms with Crippen molar-refractivity contribution in [2.75, 3.05) is 32.1 Å². The van der Waals surface area contributed by atoms with E-state index in [4.69, 9.17) is 4.74 Å². The first-order valence-electron chi connectivity index (χ1n) is 6.78. The highest BCUT2D eigenvalue weighted by molar-refractivity contribution is 5.99. The molecule has 0 aliphatic rings. The summed E-state index contributed by atoms with van der Waals surface area (Å²) in [6.45, 7) is 3.73. The molecule has 1 heterocycles. The zero-order valence-electron chi connectivity index (χ0n) is 12.2. The minimum atomic E-state index is -0.582. The lowest BCUT2D eigenvalue weighted by Crippen LogP contribution is -2.26. The van der Waals surface area contributed by atoms with Gasteiger partial charge < -0.3 is 15.4 Å². The fourth-order valence-electron chi connectivity index (χ4n) is 1.64. The molecule has 1 aromatic heterocycles. The first-order valence-corrected chi connectivity index (χ1v) is 6.78. The predicted octanol–water partition coefficient (Wildman–Crippen LogP) is 1.58. The molecule has 0 aliphatic carbocycles. The molecule has 8 nitrogen and oxygen atoms in total. The number of hydrogen-bond donors (Lipinski definition) is 2. The number of carbonyl (C=O) groups is 1. The van der Waals surface area contributed by atoms with Gasteiger partial charge in [-0.25, -0.2) is 4.98 Å².